The number of rotatable bonds is 2. The third-order valence-corrected chi connectivity index (χ3v) is 3.01. The lowest BCUT2D eigenvalue weighted by Gasteiger charge is -2.27. The zero-order chi connectivity index (χ0) is 9.26. The summed E-state index contributed by atoms with van der Waals surface area (Å²) in [5.41, 5.74) is 1.11. The Morgan fingerprint density at radius 3 is 2.62 bits per heavy atom. The summed E-state index contributed by atoms with van der Waals surface area (Å²) < 4.78 is 1.03. The fourth-order valence-corrected chi connectivity index (χ4v) is 2.29. The molecule has 0 saturated heterocycles. The summed E-state index contributed by atoms with van der Waals surface area (Å²) in [5, 5.41) is 4.22. The quantitative estimate of drug-likeness (QED) is 0.845. The normalized spacial score (nSPS) is 16.8. The third kappa shape index (κ3) is 2.38. The largest absolute Gasteiger partial charge is 0.382 e. The molecular weight excluding hydrogens is 249 g/mol. The van der Waals surface area contributed by atoms with E-state index in [1.54, 1.807) is 0 Å². The van der Waals surface area contributed by atoms with E-state index in [9.17, 15) is 0 Å². The molecule has 1 saturated carbocycles. The Morgan fingerprint density at radius 2 is 2.08 bits per heavy atom. The first kappa shape index (κ1) is 9.35. The molecule has 0 amide bonds. The Kier molecular flexibility index (Phi) is 2.80. The zero-order valence-electron chi connectivity index (χ0n) is 7.19. The number of nitrogens with one attached hydrogen (secondary N) is 1. The van der Waals surface area contributed by atoms with E-state index in [2.05, 4.69) is 27.3 Å². The highest BCUT2D eigenvalue weighted by atomic mass is 79.9. The van der Waals surface area contributed by atoms with Gasteiger partial charge in [-0.3, -0.25) is 0 Å². The minimum atomic E-state index is 0.658. The molecule has 1 nitrogen and oxygen atoms in total. The van der Waals surface area contributed by atoms with Crippen molar-refractivity contribution >= 4 is 33.2 Å². The van der Waals surface area contributed by atoms with Crippen molar-refractivity contribution in [2.24, 2.45) is 0 Å². The highest BCUT2D eigenvalue weighted by molar-refractivity contribution is 9.10. The van der Waals surface area contributed by atoms with Crippen LogP contribution in [0.2, 0.25) is 5.02 Å². The second-order valence-corrected chi connectivity index (χ2v) is 4.78. The summed E-state index contributed by atoms with van der Waals surface area (Å²) in [7, 11) is 0. The number of benzene rings is 1. The average Bonchev–Trinajstić information content (AvgIpc) is 1.95. The molecule has 0 unspecified atom stereocenters. The van der Waals surface area contributed by atoms with Gasteiger partial charge in [-0.2, -0.15) is 0 Å². The molecule has 70 valence electrons. The number of hydrogen-bond acceptors (Lipinski definition) is 1. The van der Waals surface area contributed by atoms with Crippen molar-refractivity contribution in [1.82, 2.24) is 0 Å². The molecule has 0 spiro atoms. The molecule has 1 aliphatic rings. The van der Waals surface area contributed by atoms with Gasteiger partial charge in [0.05, 0.1) is 0 Å². The van der Waals surface area contributed by atoms with Crippen molar-refractivity contribution < 1.29 is 0 Å². The van der Waals surface area contributed by atoms with Crippen LogP contribution in [0.1, 0.15) is 19.3 Å². The average molecular weight is 261 g/mol. The van der Waals surface area contributed by atoms with Crippen LogP contribution in [-0.4, -0.2) is 6.04 Å². The van der Waals surface area contributed by atoms with Crippen LogP contribution in [0, 0.1) is 0 Å². The highest BCUT2D eigenvalue weighted by Gasteiger charge is 2.16. The SMILES string of the molecule is Clc1cc(Br)cc(NC2CCC2)c1. The summed E-state index contributed by atoms with van der Waals surface area (Å²) in [6, 6.07) is 6.58. The molecule has 0 aromatic heterocycles. The van der Waals surface area contributed by atoms with Gasteiger partial charge in [0.25, 0.3) is 0 Å². The zero-order valence-corrected chi connectivity index (χ0v) is 9.53. The molecule has 0 atom stereocenters. The van der Waals surface area contributed by atoms with Crippen molar-refractivity contribution in [1.29, 1.82) is 0 Å². The maximum absolute atomic E-state index is 5.92. The van der Waals surface area contributed by atoms with Crippen molar-refractivity contribution in [2.75, 3.05) is 5.32 Å². The van der Waals surface area contributed by atoms with E-state index in [1.165, 1.54) is 19.3 Å². The van der Waals surface area contributed by atoms with Crippen molar-refractivity contribution in [3.8, 4) is 0 Å². The molecule has 0 radical (unpaired) electrons. The maximum Gasteiger partial charge on any atom is 0.0437 e. The van der Waals surface area contributed by atoms with Crippen molar-refractivity contribution in [3.63, 3.8) is 0 Å². The van der Waals surface area contributed by atoms with E-state index in [4.69, 9.17) is 11.6 Å². The minimum Gasteiger partial charge on any atom is -0.382 e. The Balaban J connectivity index is 2.10. The lowest BCUT2D eigenvalue weighted by atomic mass is 9.93. The van der Waals surface area contributed by atoms with Crippen molar-refractivity contribution in [3.05, 3.63) is 27.7 Å². The predicted molar refractivity (Wildman–Crippen MR) is 60.4 cm³/mol. The molecule has 1 aromatic carbocycles. The first-order valence-electron chi connectivity index (χ1n) is 4.47. The monoisotopic (exact) mass is 259 g/mol. The molecule has 1 fully saturated rings. The standard InChI is InChI=1S/C10H11BrClN/c11-7-4-8(12)6-10(5-7)13-9-2-1-3-9/h4-6,9,13H,1-3H2. The first-order chi connectivity index (χ1) is 6.24. The van der Waals surface area contributed by atoms with Crippen LogP contribution in [-0.2, 0) is 0 Å². The lowest BCUT2D eigenvalue weighted by Crippen LogP contribution is -2.26. The second-order valence-electron chi connectivity index (χ2n) is 3.43. The minimum absolute atomic E-state index is 0.658. The third-order valence-electron chi connectivity index (χ3n) is 2.34. The van der Waals surface area contributed by atoms with Crippen LogP contribution in [0.3, 0.4) is 0 Å². The second kappa shape index (κ2) is 3.89. The van der Waals surface area contributed by atoms with E-state index >= 15 is 0 Å². The van der Waals surface area contributed by atoms with Gasteiger partial charge in [-0.05, 0) is 37.5 Å². The molecule has 1 aromatic rings. The van der Waals surface area contributed by atoms with Gasteiger partial charge < -0.3 is 5.32 Å². The van der Waals surface area contributed by atoms with Crippen LogP contribution in [0.25, 0.3) is 0 Å². The molecule has 13 heavy (non-hydrogen) atoms. The Labute approximate surface area is 91.6 Å². The van der Waals surface area contributed by atoms with E-state index in [1.807, 2.05) is 12.1 Å². The van der Waals surface area contributed by atoms with Gasteiger partial charge in [-0.1, -0.05) is 27.5 Å². The van der Waals surface area contributed by atoms with E-state index < -0.39 is 0 Å². The van der Waals surface area contributed by atoms with E-state index in [0.29, 0.717) is 6.04 Å². The Morgan fingerprint density at radius 1 is 1.31 bits per heavy atom. The van der Waals surface area contributed by atoms with Gasteiger partial charge in [-0.25, -0.2) is 0 Å². The molecule has 1 aliphatic carbocycles. The summed E-state index contributed by atoms with van der Waals surface area (Å²) in [6.07, 6.45) is 3.91. The summed E-state index contributed by atoms with van der Waals surface area (Å²) in [4.78, 5) is 0. The topological polar surface area (TPSA) is 12.0 Å². The summed E-state index contributed by atoms with van der Waals surface area (Å²) in [5.74, 6) is 0. The van der Waals surface area contributed by atoms with Crippen LogP contribution >= 0.6 is 27.5 Å². The van der Waals surface area contributed by atoms with Crippen LogP contribution in [0.15, 0.2) is 22.7 Å². The van der Waals surface area contributed by atoms with Crippen molar-refractivity contribution in [2.45, 2.75) is 25.3 Å². The van der Waals surface area contributed by atoms with Gasteiger partial charge in [0.2, 0.25) is 0 Å². The van der Waals surface area contributed by atoms with Crippen LogP contribution < -0.4 is 5.32 Å². The molecule has 1 N–H and O–H groups in total. The van der Waals surface area contributed by atoms with Gasteiger partial charge in [0.15, 0.2) is 0 Å². The molecule has 0 bridgehead atoms. The summed E-state index contributed by atoms with van der Waals surface area (Å²) >= 11 is 9.34. The number of anilines is 1. The van der Waals surface area contributed by atoms with Gasteiger partial charge >= 0.3 is 0 Å². The molecule has 0 heterocycles. The highest BCUT2D eigenvalue weighted by Crippen LogP contribution is 2.27. The number of halogens is 2. The predicted octanol–water partition coefficient (Wildman–Crippen LogP) is 4.07. The van der Waals surface area contributed by atoms with Gasteiger partial charge in [0, 0.05) is 21.2 Å². The van der Waals surface area contributed by atoms with E-state index in [0.717, 1.165) is 15.2 Å². The molecule has 0 aliphatic heterocycles. The number of hydrogen-bond donors (Lipinski definition) is 1. The maximum atomic E-state index is 5.92. The molecule has 2 rings (SSSR count). The Bertz CT molecular complexity index is 290. The summed E-state index contributed by atoms with van der Waals surface area (Å²) in [6.45, 7) is 0. The molecular formula is C10H11BrClN. The first-order valence-corrected chi connectivity index (χ1v) is 5.64. The van der Waals surface area contributed by atoms with Gasteiger partial charge in [-0.15, -0.1) is 0 Å². The van der Waals surface area contributed by atoms with E-state index in [-0.39, 0.29) is 0 Å². The fraction of sp³-hybridized carbons (Fsp3) is 0.400. The smallest absolute Gasteiger partial charge is 0.0437 e. The fourth-order valence-electron chi connectivity index (χ4n) is 1.43. The van der Waals surface area contributed by atoms with Crippen LogP contribution in [0.5, 0.6) is 0 Å². The van der Waals surface area contributed by atoms with Crippen LogP contribution in [0.4, 0.5) is 5.69 Å². The van der Waals surface area contributed by atoms with Gasteiger partial charge in [0.1, 0.15) is 0 Å². The lowest BCUT2D eigenvalue weighted by molar-refractivity contribution is 0.445. The molecule has 3 heteroatoms. The Hall–Kier alpha value is -0.210.